The molecule has 0 fully saturated rings. The molecule has 0 aliphatic rings. The number of ether oxygens (including phenoxy) is 1. The molecule has 0 bridgehead atoms. The van der Waals surface area contributed by atoms with Crippen molar-refractivity contribution in [1.82, 2.24) is 0 Å². The number of hydrogen-bond donors (Lipinski definition) is 0. The molecule has 4 rings (SSSR count). The van der Waals surface area contributed by atoms with E-state index in [1.165, 1.54) is 18.6 Å². The second kappa shape index (κ2) is 20.6. The third kappa shape index (κ3) is 16.7. The molecule has 0 amide bonds. The molecular formula is C35H34F3LiN2O2. The molecule has 4 aromatic rings. The Kier molecular flexibility index (Phi) is 18.5. The molecule has 4 nitrogen and oxygen atoms in total. The zero-order valence-corrected chi connectivity index (χ0v) is 25.2. The van der Waals surface area contributed by atoms with Gasteiger partial charge in [0.05, 0.1) is 23.3 Å². The number of alkyl halides is 3. The van der Waals surface area contributed by atoms with Gasteiger partial charge in [0.15, 0.2) is 5.78 Å². The number of benzene rings is 4. The number of carbonyl (C=O) groups is 1. The molecule has 0 saturated heterocycles. The van der Waals surface area contributed by atoms with Crippen LogP contribution in [0.4, 0.5) is 13.2 Å². The van der Waals surface area contributed by atoms with Gasteiger partial charge in [0.1, 0.15) is 5.75 Å². The molecule has 0 aliphatic carbocycles. The summed E-state index contributed by atoms with van der Waals surface area (Å²) in [6.07, 6.45) is -2.50. The van der Waals surface area contributed by atoms with Crippen molar-refractivity contribution in [2.75, 3.05) is 0 Å². The third-order valence-electron chi connectivity index (χ3n) is 5.26. The number of halogens is 3. The molecule has 218 valence electrons. The van der Waals surface area contributed by atoms with Crippen LogP contribution >= 0.6 is 0 Å². The predicted octanol–water partition coefficient (Wildman–Crippen LogP) is 6.48. The van der Waals surface area contributed by atoms with Gasteiger partial charge in [0.25, 0.3) is 0 Å². The van der Waals surface area contributed by atoms with Crippen LogP contribution in [-0.2, 0) is 0 Å². The topological polar surface area (TPSA) is 73.9 Å². The Morgan fingerprint density at radius 3 is 1.49 bits per heavy atom. The van der Waals surface area contributed by atoms with E-state index >= 15 is 0 Å². The molecule has 8 heteroatoms. The van der Waals surface area contributed by atoms with Crippen LogP contribution in [0.15, 0.2) is 97.1 Å². The van der Waals surface area contributed by atoms with Crippen LogP contribution in [0.2, 0.25) is 0 Å². The minimum atomic E-state index is -4.77. The van der Waals surface area contributed by atoms with Gasteiger partial charge in [-0.1, -0.05) is 73.5 Å². The van der Waals surface area contributed by atoms with E-state index in [0.29, 0.717) is 5.56 Å². The first-order valence-electron chi connectivity index (χ1n) is 13.1. The summed E-state index contributed by atoms with van der Waals surface area (Å²) >= 11 is 0. The first-order chi connectivity index (χ1) is 19.9. The Morgan fingerprint density at radius 1 is 0.744 bits per heavy atom. The maximum Gasteiger partial charge on any atom is 1.00 e. The number of hydrogen-bond acceptors (Lipinski definition) is 4. The van der Waals surface area contributed by atoms with Gasteiger partial charge in [0.2, 0.25) is 0 Å². The zero-order chi connectivity index (χ0) is 31.5. The van der Waals surface area contributed by atoms with Gasteiger partial charge < -0.3 is 11.7 Å². The van der Waals surface area contributed by atoms with Gasteiger partial charge >= 0.3 is 25.2 Å². The van der Waals surface area contributed by atoms with Crippen LogP contribution in [0.25, 0.3) is 0 Å². The van der Waals surface area contributed by atoms with Gasteiger partial charge in [-0.05, 0) is 74.4 Å². The minimum Gasteiger partial charge on any atom is -0.406 e. The summed E-state index contributed by atoms with van der Waals surface area (Å²) in [6, 6.07) is 31.1. The minimum absolute atomic E-state index is 0. The fourth-order valence-electron chi connectivity index (χ4n) is 3.22. The molecule has 0 heterocycles. The molecular weight excluding hydrogens is 544 g/mol. The van der Waals surface area contributed by atoms with Crippen LogP contribution < -0.4 is 23.6 Å². The van der Waals surface area contributed by atoms with Gasteiger partial charge in [-0.25, -0.2) is 0 Å². The van der Waals surface area contributed by atoms with E-state index in [1.54, 1.807) is 30.3 Å². The smallest absolute Gasteiger partial charge is 0.406 e. The van der Waals surface area contributed by atoms with Gasteiger partial charge in [0, 0.05) is 11.1 Å². The van der Waals surface area contributed by atoms with Crippen molar-refractivity contribution < 1.29 is 41.6 Å². The summed E-state index contributed by atoms with van der Waals surface area (Å²) in [5.74, 6) is -0.752. The monoisotopic (exact) mass is 578 g/mol. The summed E-state index contributed by atoms with van der Waals surface area (Å²) in [5, 5.41) is 16.8. The van der Waals surface area contributed by atoms with E-state index in [0.717, 1.165) is 46.4 Å². The van der Waals surface area contributed by atoms with E-state index in [-0.39, 0.29) is 30.2 Å². The number of nitrogens with zero attached hydrogens (tertiary/aromatic N) is 2. The first kappa shape index (κ1) is 38.7. The van der Waals surface area contributed by atoms with Gasteiger partial charge in [-0.3, -0.25) is 4.79 Å². The number of rotatable bonds is 4. The largest absolute Gasteiger partial charge is 1.00 e. The van der Waals surface area contributed by atoms with E-state index in [9.17, 15) is 18.0 Å². The Labute approximate surface area is 264 Å². The second-order valence-corrected chi connectivity index (χ2v) is 9.09. The standard InChI is InChI=1S/C15H11F3O2.2C8H7N.C4H9.Li/c1-10-4-2-5-11(8-10)14(19)12-6-3-7-13(9-12)20-15(16,17)18;2*1-7-3-2-4-8(5-7)6-9;1-3-4-2;/h2-9H,1H3;2*2-5H,1H3;1,3-4H2,2H3;/q;;;-1;+1. The molecule has 0 unspecified atom stereocenters. The van der Waals surface area contributed by atoms with Crippen molar-refractivity contribution in [1.29, 1.82) is 10.5 Å². The summed E-state index contributed by atoms with van der Waals surface area (Å²) in [6.45, 7) is 11.5. The van der Waals surface area contributed by atoms with E-state index in [1.807, 2.05) is 63.2 Å². The predicted molar refractivity (Wildman–Crippen MR) is 160 cm³/mol. The van der Waals surface area contributed by atoms with Crippen LogP contribution in [0, 0.1) is 50.4 Å². The molecule has 0 radical (unpaired) electrons. The van der Waals surface area contributed by atoms with Crippen LogP contribution in [0.5, 0.6) is 5.75 Å². The molecule has 0 N–H and O–H groups in total. The Hall–Kier alpha value is -4.28. The van der Waals surface area contributed by atoms with Crippen molar-refractivity contribution in [3.05, 3.63) is 143 Å². The zero-order valence-electron chi connectivity index (χ0n) is 25.2. The van der Waals surface area contributed by atoms with Crippen LogP contribution in [-0.4, -0.2) is 12.1 Å². The first-order valence-corrected chi connectivity index (χ1v) is 13.1. The van der Waals surface area contributed by atoms with Crippen LogP contribution in [0.3, 0.4) is 0 Å². The molecule has 0 atom stereocenters. The summed E-state index contributed by atoms with van der Waals surface area (Å²) in [4.78, 5) is 12.2. The number of ketones is 1. The fraction of sp³-hybridized carbons (Fsp3) is 0.200. The van der Waals surface area contributed by atoms with Crippen molar-refractivity contribution >= 4 is 5.78 Å². The molecule has 0 aliphatic heterocycles. The molecule has 0 saturated carbocycles. The number of nitriles is 2. The average molecular weight is 579 g/mol. The van der Waals surface area contributed by atoms with E-state index in [4.69, 9.17) is 10.5 Å². The van der Waals surface area contributed by atoms with Crippen LogP contribution in [0.1, 0.15) is 63.5 Å². The molecule has 0 spiro atoms. The second-order valence-electron chi connectivity index (χ2n) is 9.09. The third-order valence-corrected chi connectivity index (χ3v) is 5.26. The summed E-state index contributed by atoms with van der Waals surface area (Å²) < 4.78 is 40.2. The molecule has 0 aromatic heterocycles. The number of aryl methyl sites for hydroxylation is 3. The summed E-state index contributed by atoms with van der Waals surface area (Å²) in [5.41, 5.74) is 5.21. The van der Waals surface area contributed by atoms with Crippen molar-refractivity contribution in [3.8, 4) is 17.9 Å². The Morgan fingerprint density at radius 2 is 1.14 bits per heavy atom. The number of carbonyl (C=O) groups excluding carboxylic acids is 1. The van der Waals surface area contributed by atoms with Crippen molar-refractivity contribution in [3.63, 3.8) is 0 Å². The Bertz CT molecular complexity index is 1450. The Balaban J connectivity index is 0.000000638. The van der Waals surface area contributed by atoms with Crippen molar-refractivity contribution in [2.45, 2.75) is 46.9 Å². The normalized spacial score (nSPS) is 9.44. The van der Waals surface area contributed by atoms with Gasteiger partial charge in [-0.2, -0.15) is 16.9 Å². The maximum absolute atomic E-state index is 12.2. The summed E-state index contributed by atoms with van der Waals surface area (Å²) in [7, 11) is 0. The maximum atomic E-state index is 12.2. The average Bonchev–Trinajstić information content (AvgIpc) is 2.97. The van der Waals surface area contributed by atoms with Crippen molar-refractivity contribution in [2.24, 2.45) is 0 Å². The van der Waals surface area contributed by atoms with Gasteiger partial charge in [-0.15, -0.1) is 13.2 Å². The molecule has 43 heavy (non-hydrogen) atoms. The van der Waals surface area contributed by atoms with E-state index in [2.05, 4.69) is 30.7 Å². The number of unbranched alkanes of at least 4 members (excludes halogenated alkanes) is 1. The fourth-order valence-corrected chi connectivity index (χ4v) is 3.22. The van der Waals surface area contributed by atoms with E-state index < -0.39 is 12.1 Å². The molecule has 4 aromatic carbocycles. The quantitative estimate of drug-likeness (QED) is 0.158. The SMILES string of the molecule is Cc1cccc(C#N)c1.Cc1cccc(C#N)c1.Cc1cccc(C(=O)c2cccc(OC(F)(F)F)c2)c1.[CH2-]CCC.[Li+].